The average molecular weight is 251 g/mol. The van der Waals surface area contributed by atoms with Gasteiger partial charge in [0.15, 0.2) is 5.15 Å². The van der Waals surface area contributed by atoms with Crippen LogP contribution in [0.4, 0.5) is 0 Å². The first-order valence-electron chi connectivity index (χ1n) is 5.17. The molecule has 0 spiro atoms. The van der Waals surface area contributed by atoms with Gasteiger partial charge in [0.05, 0.1) is 6.61 Å². The lowest BCUT2D eigenvalue weighted by molar-refractivity contribution is 0.339. The van der Waals surface area contributed by atoms with Gasteiger partial charge in [0.1, 0.15) is 11.5 Å². The van der Waals surface area contributed by atoms with Crippen LogP contribution in [-0.2, 0) is 0 Å². The molecule has 0 aliphatic heterocycles. The maximum atomic E-state index is 5.83. The zero-order valence-corrected chi connectivity index (χ0v) is 10.0. The van der Waals surface area contributed by atoms with E-state index in [4.69, 9.17) is 21.1 Å². The molecule has 0 saturated heterocycles. The van der Waals surface area contributed by atoms with Gasteiger partial charge in [-0.15, -0.1) is 0 Å². The first kappa shape index (κ1) is 11.7. The molecule has 0 aliphatic carbocycles. The molecule has 0 bridgehead atoms. The zero-order chi connectivity index (χ0) is 12.1. The summed E-state index contributed by atoms with van der Waals surface area (Å²) >= 11 is 5.83. The van der Waals surface area contributed by atoms with Crippen molar-refractivity contribution in [3.05, 3.63) is 41.8 Å². The molecule has 0 aliphatic rings. The Balaban J connectivity index is 2.11. The molecule has 0 fully saturated rings. The Kier molecular flexibility index (Phi) is 3.77. The minimum Gasteiger partial charge on any atom is -0.494 e. The number of hydrogen-bond acceptors (Lipinski definition) is 4. The van der Waals surface area contributed by atoms with Gasteiger partial charge in [0.2, 0.25) is 0 Å². The van der Waals surface area contributed by atoms with E-state index in [1.54, 1.807) is 12.1 Å². The van der Waals surface area contributed by atoms with E-state index in [0.29, 0.717) is 18.2 Å². The van der Waals surface area contributed by atoms with Crippen LogP contribution in [0, 0.1) is 0 Å². The van der Waals surface area contributed by atoms with Gasteiger partial charge in [0, 0.05) is 12.4 Å². The standard InChI is InChI=1S/C12H11ClN2O2/c1-2-16-9-3-5-10(6-4-9)17-12-11(13)14-7-8-15-12/h3-8H,2H2,1H3. The summed E-state index contributed by atoms with van der Waals surface area (Å²) in [6.07, 6.45) is 3.03. The van der Waals surface area contributed by atoms with Gasteiger partial charge in [-0.05, 0) is 31.2 Å². The topological polar surface area (TPSA) is 44.2 Å². The lowest BCUT2D eigenvalue weighted by atomic mass is 10.3. The summed E-state index contributed by atoms with van der Waals surface area (Å²) in [5, 5.41) is 0.237. The molecule has 2 aromatic rings. The van der Waals surface area contributed by atoms with Crippen molar-refractivity contribution < 1.29 is 9.47 Å². The number of aromatic nitrogens is 2. The highest BCUT2D eigenvalue weighted by Crippen LogP contribution is 2.26. The number of hydrogen-bond donors (Lipinski definition) is 0. The Morgan fingerprint density at radius 1 is 1.06 bits per heavy atom. The summed E-state index contributed by atoms with van der Waals surface area (Å²) in [6, 6.07) is 7.22. The Bertz CT molecular complexity index is 488. The lowest BCUT2D eigenvalue weighted by Gasteiger charge is -2.06. The highest BCUT2D eigenvalue weighted by atomic mass is 35.5. The Labute approximate surface area is 104 Å². The van der Waals surface area contributed by atoms with Gasteiger partial charge < -0.3 is 9.47 Å². The van der Waals surface area contributed by atoms with Gasteiger partial charge in [-0.3, -0.25) is 0 Å². The van der Waals surface area contributed by atoms with Crippen molar-refractivity contribution in [1.82, 2.24) is 9.97 Å². The molecule has 2 rings (SSSR count). The fraction of sp³-hybridized carbons (Fsp3) is 0.167. The third-order valence-corrected chi connectivity index (χ3v) is 2.23. The van der Waals surface area contributed by atoms with E-state index in [2.05, 4.69) is 9.97 Å². The molecule has 0 amide bonds. The molecule has 17 heavy (non-hydrogen) atoms. The molecular weight excluding hydrogens is 240 g/mol. The van der Waals surface area contributed by atoms with Gasteiger partial charge in [0.25, 0.3) is 5.88 Å². The number of nitrogens with zero attached hydrogens (tertiary/aromatic N) is 2. The minimum absolute atomic E-state index is 0.237. The van der Waals surface area contributed by atoms with Crippen LogP contribution >= 0.6 is 11.6 Å². The van der Waals surface area contributed by atoms with Crippen molar-refractivity contribution in [2.45, 2.75) is 6.92 Å². The molecule has 0 N–H and O–H groups in total. The van der Waals surface area contributed by atoms with Crippen LogP contribution in [0.3, 0.4) is 0 Å². The molecule has 1 heterocycles. The highest BCUT2D eigenvalue weighted by molar-refractivity contribution is 6.30. The van der Waals surface area contributed by atoms with Crippen LogP contribution in [0.15, 0.2) is 36.7 Å². The van der Waals surface area contributed by atoms with E-state index in [9.17, 15) is 0 Å². The van der Waals surface area contributed by atoms with Gasteiger partial charge in [-0.25, -0.2) is 9.97 Å². The molecule has 0 radical (unpaired) electrons. The van der Waals surface area contributed by atoms with Crippen LogP contribution in [0.1, 0.15) is 6.92 Å². The lowest BCUT2D eigenvalue weighted by Crippen LogP contribution is -1.92. The van der Waals surface area contributed by atoms with Crippen molar-refractivity contribution >= 4 is 11.6 Å². The van der Waals surface area contributed by atoms with Crippen molar-refractivity contribution in [3.8, 4) is 17.4 Å². The second-order valence-electron chi connectivity index (χ2n) is 3.16. The summed E-state index contributed by atoms with van der Waals surface area (Å²) in [4.78, 5) is 7.86. The maximum absolute atomic E-state index is 5.83. The molecule has 0 atom stereocenters. The summed E-state index contributed by atoms with van der Waals surface area (Å²) < 4.78 is 10.8. The zero-order valence-electron chi connectivity index (χ0n) is 9.26. The Morgan fingerprint density at radius 2 is 1.71 bits per heavy atom. The first-order valence-corrected chi connectivity index (χ1v) is 5.54. The van der Waals surface area contributed by atoms with Crippen LogP contribution in [0.5, 0.6) is 17.4 Å². The summed E-state index contributed by atoms with van der Waals surface area (Å²) in [5.41, 5.74) is 0. The van der Waals surface area contributed by atoms with Crippen LogP contribution < -0.4 is 9.47 Å². The first-order chi connectivity index (χ1) is 8.29. The van der Waals surface area contributed by atoms with E-state index in [-0.39, 0.29) is 5.15 Å². The third kappa shape index (κ3) is 3.07. The SMILES string of the molecule is CCOc1ccc(Oc2nccnc2Cl)cc1. The number of ether oxygens (including phenoxy) is 2. The Morgan fingerprint density at radius 3 is 2.35 bits per heavy atom. The third-order valence-electron chi connectivity index (χ3n) is 1.97. The van der Waals surface area contributed by atoms with E-state index in [1.165, 1.54) is 12.4 Å². The summed E-state index contributed by atoms with van der Waals surface area (Å²) in [5.74, 6) is 1.72. The van der Waals surface area contributed by atoms with E-state index < -0.39 is 0 Å². The molecule has 1 aromatic carbocycles. The molecule has 88 valence electrons. The maximum Gasteiger partial charge on any atom is 0.257 e. The van der Waals surface area contributed by atoms with Crippen LogP contribution in [0.25, 0.3) is 0 Å². The fourth-order valence-corrected chi connectivity index (χ4v) is 1.40. The van der Waals surface area contributed by atoms with Gasteiger partial charge >= 0.3 is 0 Å². The predicted octanol–water partition coefficient (Wildman–Crippen LogP) is 3.32. The van der Waals surface area contributed by atoms with Gasteiger partial charge in [-0.1, -0.05) is 11.6 Å². The van der Waals surface area contributed by atoms with E-state index in [1.807, 2.05) is 19.1 Å². The minimum atomic E-state index is 0.237. The fourth-order valence-electron chi connectivity index (χ4n) is 1.26. The monoisotopic (exact) mass is 250 g/mol. The number of benzene rings is 1. The van der Waals surface area contributed by atoms with E-state index >= 15 is 0 Å². The van der Waals surface area contributed by atoms with Crippen molar-refractivity contribution in [3.63, 3.8) is 0 Å². The van der Waals surface area contributed by atoms with Crippen LogP contribution in [0.2, 0.25) is 5.15 Å². The number of halogens is 1. The average Bonchev–Trinajstić information content (AvgIpc) is 2.35. The molecule has 5 heteroatoms. The van der Waals surface area contributed by atoms with Crippen molar-refractivity contribution in [1.29, 1.82) is 0 Å². The highest BCUT2D eigenvalue weighted by Gasteiger charge is 2.04. The van der Waals surface area contributed by atoms with Crippen LogP contribution in [-0.4, -0.2) is 16.6 Å². The second-order valence-corrected chi connectivity index (χ2v) is 3.52. The summed E-state index contributed by atoms with van der Waals surface area (Å²) in [6.45, 7) is 2.57. The van der Waals surface area contributed by atoms with Crippen molar-refractivity contribution in [2.75, 3.05) is 6.61 Å². The largest absolute Gasteiger partial charge is 0.494 e. The predicted molar refractivity (Wildman–Crippen MR) is 64.7 cm³/mol. The second kappa shape index (κ2) is 5.50. The van der Waals surface area contributed by atoms with Gasteiger partial charge in [-0.2, -0.15) is 0 Å². The number of rotatable bonds is 4. The normalized spacial score (nSPS) is 10.0. The van der Waals surface area contributed by atoms with Crippen molar-refractivity contribution in [2.24, 2.45) is 0 Å². The molecule has 4 nitrogen and oxygen atoms in total. The van der Waals surface area contributed by atoms with E-state index in [0.717, 1.165) is 5.75 Å². The molecule has 0 saturated carbocycles. The Hall–Kier alpha value is -1.81. The molecule has 1 aromatic heterocycles. The molecular formula is C12H11ClN2O2. The smallest absolute Gasteiger partial charge is 0.257 e. The molecule has 0 unspecified atom stereocenters. The summed E-state index contributed by atoms with van der Waals surface area (Å²) in [7, 11) is 0. The quantitative estimate of drug-likeness (QED) is 0.835.